The third-order valence-electron chi connectivity index (χ3n) is 2.67. The quantitative estimate of drug-likeness (QED) is 0.470. The van der Waals surface area contributed by atoms with Crippen molar-refractivity contribution in [1.82, 2.24) is 5.43 Å². The van der Waals surface area contributed by atoms with Crippen molar-refractivity contribution < 1.29 is 18.9 Å². The van der Waals surface area contributed by atoms with Crippen molar-refractivity contribution in [3.8, 4) is 5.75 Å². The molecule has 0 aliphatic carbocycles. The number of nitrogens with zero attached hydrogens (tertiary/aromatic N) is 2. The minimum atomic E-state index is -0.781. The average Bonchev–Trinajstić information content (AvgIpc) is 2.98. The number of benzene rings is 1. The number of hydrogen-bond donors (Lipinski definition) is 1. The van der Waals surface area contributed by atoms with Crippen LogP contribution in [0.1, 0.15) is 12.7 Å². The summed E-state index contributed by atoms with van der Waals surface area (Å²) in [6, 6.07) is 9.69. The van der Waals surface area contributed by atoms with E-state index in [1.54, 1.807) is 25.1 Å². The fourth-order valence-corrected chi connectivity index (χ4v) is 1.92. The van der Waals surface area contributed by atoms with Crippen LogP contribution in [-0.2, 0) is 4.79 Å². The van der Waals surface area contributed by atoms with Gasteiger partial charge in [-0.25, -0.2) is 5.43 Å². The summed E-state index contributed by atoms with van der Waals surface area (Å²) in [6.07, 6.45) is 0.382. The van der Waals surface area contributed by atoms with Gasteiger partial charge in [-0.05, 0) is 41.1 Å². The van der Waals surface area contributed by atoms with E-state index >= 15 is 0 Å². The number of halogens is 1. The number of rotatable bonds is 6. The maximum Gasteiger partial charge on any atom is 0.433 e. The summed E-state index contributed by atoms with van der Waals surface area (Å²) in [6.45, 7) is 1.57. The fourth-order valence-electron chi connectivity index (χ4n) is 1.54. The number of hydrazone groups is 1. The molecule has 1 N–H and O–H groups in total. The first-order valence-corrected chi connectivity index (χ1v) is 7.25. The van der Waals surface area contributed by atoms with Crippen molar-refractivity contribution in [2.24, 2.45) is 5.10 Å². The number of ether oxygens (including phenoxy) is 1. The predicted molar refractivity (Wildman–Crippen MR) is 85.3 cm³/mol. The zero-order valence-corrected chi connectivity index (χ0v) is 13.5. The summed E-state index contributed by atoms with van der Waals surface area (Å²) in [4.78, 5) is 21.7. The minimum Gasteiger partial charge on any atom is -0.480 e. The molecular weight excluding hydrogens is 370 g/mol. The van der Waals surface area contributed by atoms with Crippen LogP contribution in [-0.4, -0.2) is 23.1 Å². The van der Waals surface area contributed by atoms with Gasteiger partial charge in [-0.3, -0.25) is 14.9 Å². The number of hydrogen-bond acceptors (Lipinski definition) is 6. The van der Waals surface area contributed by atoms with Gasteiger partial charge in [-0.1, -0.05) is 12.1 Å². The van der Waals surface area contributed by atoms with Crippen molar-refractivity contribution in [2.75, 3.05) is 0 Å². The molecular formula is C14H12BrN3O5. The molecule has 120 valence electrons. The van der Waals surface area contributed by atoms with E-state index in [2.05, 4.69) is 26.5 Å². The molecule has 1 heterocycles. The van der Waals surface area contributed by atoms with E-state index in [-0.39, 0.29) is 5.76 Å². The topological polar surface area (TPSA) is 107 Å². The summed E-state index contributed by atoms with van der Waals surface area (Å²) in [5.74, 6) is -0.196. The van der Waals surface area contributed by atoms with Crippen LogP contribution in [0.2, 0.25) is 0 Å². The first kappa shape index (κ1) is 16.7. The predicted octanol–water partition coefficient (Wildman–Crippen LogP) is 2.87. The number of para-hydroxylation sites is 1. The Kier molecular flexibility index (Phi) is 5.47. The lowest BCUT2D eigenvalue weighted by Crippen LogP contribution is -2.33. The van der Waals surface area contributed by atoms with E-state index in [1.165, 1.54) is 12.1 Å². The highest BCUT2D eigenvalue weighted by Gasteiger charge is 2.15. The summed E-state index contributed by atoms with van der Waals surface area (Å²) >= 11 is 3.32. The largest absolute Gasteiger partial charge is 0.480 e. The summed E-state index contributed by atoms with van der Waals surface area (Å²) in [5, 5.41) is 14.1. The number of nitrogens with one attached hydrogen (secondary N) is 1. The number of nitro groups is 1. The van der Waals surface area contributed by atoms with E-state index in [9.17, 15) is 14.9 Å². The fraction of sp³-hybridized carbons (Fsp3) is 0.143. The second-order valence-electron chi connectivity index (χ2n) is 4.36. The highest BCUT2D eigenvalue weighted by atomic mass is 79.9. The second-order valence-corrected chi connectivity index (χ2v) is 5.21. The van der Waals surface area contributed by atoms with Gasteiger partial charge in [-0.15, -0.1) is 0 Å². The van der Waals surface area contributed by atoms with Crippen molar-refractivity contribution in [3.05, 3.63) is 56.7 Å². The molecule has 9 heteroatoms. The van der Waals surface area contributed by atoms with Crippen LogP contribution in [0.3, 0.4) is 0 Å². The standard InChI is InChI=1S/C14H12BrN3O5/c1-9(22-12-5-3-2-4-11(12)15)14(19)17-16-8-10-6-7-13(23-10)18(20)21/h2-9H,1H3,(H,17,19)/b16-8-/t9-/m1/s1. The molecule has 0 radical (unpaired) electrons. The maximum absolute atomic E-state index is 11.9. The Balaban J connectivity index is 1.89. The van der Waals surface area contributed by atoms with Crippen LogP contribution < -0.4 is 10.2 Å². The highest BCUT2D eigenvalue weighted by Crippen LogP contribution is 2.24. The number of carbonyl (C=O) groups is 1. The first-order valence-electron chi connectivity index (χ1n) is 6.45. The molecule has 0 unspecified atom stereocenters. The molecule has 8 nitrogen and oxygen atoms in total. The Morgan fingerprint density at radius 1 is 1.43 bits per heavy atom. The van der Waals surface area contributed by atoms with E-state index < -0.39 is 22.8 Å². The van der Waals surface area contributed by atoms with Crippen molar-refractivity contribution in [1.29, 1.82) is 0 Å². The van der Waals surface area contributed by atoms with Gasteiger partial charge >= 0.3 is 5.88 Å². The van der Waals surface area contributed by atoms with Gasteiger partial charge in [0.05, 0.1) is 16.8 Å². The van der Waals surface area contributed by atoms with Crippen LogP contribution in [0.5, 0.6) is 5.75 Å². The average molecular weight is 382 g/mol. The van der Waals surface area contributed by atoms with Crippen LogP contribution in [0, 0.1) is 10.1 Å². The van der Waals surface area contributed by atoms with Crippen LogP contribution in [0.4, 0.5) is 5.88 Å². The lowest BCUT2D eigenvalue weighted by Gasteiger charge is -2.13. The molecule has 1 aromatic heterocycles. The van der Waals surface area contributed by atoms with Gasteiger partial charge < -0.3 is 9.15 Å². The Bertz CT molecular complexity index is 744. The van der Waals surface area contributed by atoms with Gasteiger partial charge in [0.2, 0.25) is 0 Å². The second kappa shape index (κ2) is 7.54. The van der Waals surface area contributed by atoms with E-state index in [4.69, 9.17) is 9.15 Å². The Morgan fingerprint density at radius 2 is 2.17 bits per heavy atom. The van der Waals surface area contributed by atoms with Gasteiger partial charge in [0.15, 0.2) is 11.9 Å². The minimum absolute atomic E-state index is 0.149. The Hall–Kier alpha value is -2.68. The van der Waals surface area contributed by atoms with Crippen molar-refractivity contribution in [3.63, 3.8) is 0 Å². The van der Waals surface area contributed by atoms with E-state index in [1.807, 2.05) is 6.07 Å². The zero-order chi connectivity index (χ0) is 16.8. The number of carbonyl (C=O) groups excluding carboxylic acids is 1. The van der Waals surface area contributed by atoms with Crippen molar-refractivity contribution in [2.45, 2.75) is 13.0 Å². The molecule has 2 aromatic rings. The molecule has 0 aliphatic rings. The Morgan fingerprint density at radius 3 is 2.83 bits per heavy atom. The molecule has 0 bridgehead atoms. The van der Waals surface area contributed by atoms with Gasteiger partial charge in [-0.2, -0.15) is 5.10 Å². The first-order chi connectivity index (χ1) is 11.0. The zero-order valence-electron chi connectivity index (χ0n) is 11.9. The monoisotopic (exact) mass is 381 g/mol. The molecule has 1 amide bonds. The molecule has 23 heavy (non-hydrogen) atoms. The maximum atomic E-state index is 11.9. The van der Waals surface area contributed by atoms with Gasteiger partial charge in [0, 0.05) is 0 Å². The summed E-state index contributed by atoms with van der Waals surface area (Å²) in [5.41, 5.74) is 2.27. The molecule has 1 aromatic carbocycles. The molecule has 0 spiro atoms. The third-order valence-corrected chi connectivity index (χ3v) is 3.32. The van der Waals surface area contributed by atoms with Crippen LogP contribution >= 0.6 is 15.9 Å². The third kappa shape index (κ3) is 4.65. The molecule has 0 saturated carbocycles. The highest BCUT2D eigenvalue weighted by molar-refractivity contribution is 9.10. The van der Waals surface area contributed by atoms with E-state index in [0.29, 0.717) is 5.75 Å². The lowest BCUT2D eigenvalue weighted by molar-refractivity contribution is -0.402. The number of furan rings is 1. The molecule has 0 aliphatic heterocycles. The summed E-state index contributed by atoms with van der Waals surface area (Å²) in [7, 11) is 0. The lowest BCUT2D eigenvalue weighted by atomic mass is 10.3. The van der Waals surface area contributed by atoms with E-state index in [0.717, 1.165) is 10.7 Å². The molecule has 0 saturated heterocycles. The smallest absolute Gasteiger partial charge is 0.433 e. The van der Waals surface area contributed by atoms with Crippen LogP contribution in [0.15, 0.2) is 50.4 Å². The Labute approximate surface area is 139 Å². The molecule has 1 atom stereocenters. The normalized spacial score (nSPS) is 12.1. The van der Waals surface area contributed by atoms with Crippen LogP contribution in [0.25, 0.3) is 0 Å². The summed E-state index contributed by atoms with van der Waals surface area (Å²) < 4.78 is 11.1. The SMILES string of the molecule is C[C@@H](Oc1ccccc1Br)C(=O)N/N=C\c1ccc([N+](=O)[O-])o1. The van der Waals surface area contributed by atoms with Gasteiger partial charge in [0.25, 0.3) is 5.91 Å². The van der Waals surface area contributed by atoms with Crippen molar-refractivity contribution >= 4 is 33.9 Å². The molecule has 0 fully saturated rings. The molecule has 2 rings (SSSR count). The van der Waals surface area contributed by atoms with Gasteiger partial charge in [0.1, 0.15) is 10.7 Å². The number of amides is 1.